The molecular weight excluding hydrogens is 519 g/mol. The zero-order chi connectivity index (χ0) is 26.3. The molecule has 2 aromatic heterocycles. The van der Waals surface area contributed by atoms with E-state index in [0.29, 0.717) is 28.9 Å². The zero-order valence-corrected chi connectivity index (χ0v) is 19.9. The monoisotopic (exact) mass is 539 g/mol. The van der Waals surface area contributed by atoms with E-state index in [2.05, 4.69) is 25.2 Å². The van der Waals surface area contributed by atoms with Crippen molar-refractivity contribution in [3.05, 3.63) is 52.8 Å². The molecule has 1 aliphatic heterocycles. The van der Waals surface area contributed by atoms with Crippen LogP contribution in [0.2, 0.25) is 5.02 Å². The summed E-state index contributed by atoms with van der Waals surface area (Å²) in [5, 5.41) is 21.8. The van der Waals surface area contributed by atoms with Crippen LogP contribution in [-0.4, -0.2) is 62.2 Å². The van der Waals surface area contributed by atoms with Crippen molar-refractivity contribution in [3.8, 4) is 0 Å². The number of aromatic nitrogens is 3. The third-order valence-corrected chi connectivity index (χ3v) is 6.79. The van der Waals surface area contributed by atoms with Crippen molar-refractivity contribution < 1.29 is 37.0 Å². The van der Waals surface area contributed by atoms with Gasteiger partial charge in [0.15, 0.2) is 0 Å². The molecule has 37 heavy (non-hydrogen) atoms. The summed E-state index contributed by atoms with van der Waals surface area (Å²) in [5.41, 5.74) is 0.972. The molecule has 0 spiro atoms. The Hall–Kier alpha value is -3.45. The molecule has 196 valence electrons. The lowest BCUT2D eigenvalue weighted by Crippen LogP contribution is -2.50. The summed E-state index contributed by atoms with van der Waals surface area (Å²) in [5.74, 6) is -0.546. The fraction of sp³-hybridized carbons (Fsp3) is 0.435. The molecule has 2 fully saturated rings. The van der Waals surface area contributed by atoms with E-state index in [9.17, 15) is 27.9 Å². The highest BCUT2D eigenvalue weighted by molar-refractivity contribution is 6.31. The second-order valence-corrected chi connectivity index (χ2v) is 9.53. The summed E-state index contributed by atoms with van der Waals surface area (Å²) in [6, 6.07) is 5.62. The Morgan fingerprint density at radius 3 is 2.65 bits per heavy atom. The molecule has 3 heterocycles. The number of carbonyl (C=O) groups excluding carboxylic acids is 1. The summed E-state index contributed by atoms with van der Waals surface area (Å²) in [6.07, 6.45) is -4.56. The van der Waals surface area contributed by atoms with Crippen LogP contribution in [0.4, 0.5) is 18.0 Å². The highest BCUT2D eigenvalue weighted by atomic mass is 35.5. The first-order chi connectivity index (χ1) is 17.6. The zero-order valence-electron chi connectivity index (χ0n) is 19.1. The Balaban J connectivity index is 1.21. The highest BCUT2D eigenvalue weighted by Gasteiger charge is 2.43. The number of carboxylic acid groups (broad SMARTS) is 1. The third-order valence-electron chi connectivity index (χ3n) is 6.56. The van der Waals surface area contributed by atoms with Crippen molar-refractivity contribution in [2.24, 2.45) is 0 Å². The molecule has 14 heteroatoms. The van der Waals surface area contributed by atoms with E-state index in [1.807, 2.05) is 0 Å². The van der Waals surface area contributed by atoms with Crippen LogP contribution in [0.5, 0.6) is 0 Å². The molecule has 2 N–H and O–H groups in total. The van der Waals surface area contributed by atoms with Gasteiger partial charge in [0.1, 0.15) is 6.04 Å². The van der Waals surface area contributed by atoms with Crippen LogP contribution in [0, 0.1) is 0 Å². The normalized spacial score (nSPS) is 24.1. The quantitative estimate of drug-likeness (QED) is 0.478. The number of halogens is 4. The highest BCUT2D eigenvalue weighted by Crippen LogP contribution is 2.41. The van der Waals surface area contributed by atoms with Crippen LogP contribution in [0.1, 0.15) is 59.8 Å². The standard InChI is InChI=1S/C23H21ClF3N5O5/c24-14-2-1-11-5-13(9-28-17(11)8-14)19(33)29-15-3-4-18(32(10-15)22(34)35)21-31-30-20(36-21)12-6-16(7-12)37-23(25,26)27/h1-2,5,8-9,12,15-16,18H,3-4,6-7,10H2,(H,29,33)(H,34,35)/t12-,15-,16+,18+/m0/s1. The predicted octanol–water partition coefficient (Wildman–Crippen LogP) is 4.67. The average molecular weight is 540 g/mol. The molecule has 0 radical (unpaired) electrons. The summed E-state index contributed by atoms with van der Waals surface area (Å²) >= 11 is 5.97. The number of carbonyl (C=O) groups is 2. The maximum atomic E-state index is 12.8. The summed E-state index contributed by atoms with van der Waals surface area (Å²) in [6.45, 7) is -0.00893. The Bertz CT molecular complexity index is 1330. The Morgan fingerprint density at radius 1 is 1.16 bits per heavy atom. The summed E-state index contributed by atoms with van der Waals surface area (Å²) in [7, 11) is 0. The van der Waals surface area contributed by atoms with E-state index in [1.54, 1.807) is 24.3 Å². The molecule has 3 aromatic rings. The maximum Gasteiger partial charge on any atom is 0.522 e. The SMILES string of the molecule is O=C(N[C@H]1CC[C@H](c2nnc([C@H]3C[C@@H](OC(F)(F)F)C3)o2)N(C(=O)O)C1)c1cnc2cc(Cl)ccc2c1. The number of fused-ring (bicyclic) bond motifs is 1. The first-order valence-electron chi connectivity index (χ1n) is 11.5. The molecule has 2 amide bonds. The van der Waals surface area contributed by atoms with Gasteiger partial charge in [-0.25, -0.2) is 4.79 Å². The molecule has 0 bridgehead atoms. The van der Waals surface area contributed by atoms with Crippen LogP contribution in [0.25, 0.3) is 10.9 Å². The number of likely N-dealkylation sites (tertiary alicyclic amines) is 1. The summed E-state index contributed by atoms with van der Waals surface area (Å²) < 4.78 is 46.6. The number of amides is 2. The van der Waals surface area contributed by atoms with Gasteiger partial charge >= 0.3 is 12.5 Å². The van der Waals surface area contributed by atoms with Crippen LogP contribution < -0.4 is 5.32 Å². The molecule has 2 aliphatic rings. The van der Waals surface area contributed by atoms with E-state index in [4.69, 9.17) is 16.0 Å². The Labute approximate surface area is 212 Å². The minimum atomic E-state index is -4.70. The van der Waals surface area contributed by atoms with E-state index in [0.717, 1.165) is 10.3 Å². The second-order valence-electron chi connectivity index (χ2n) is 9.09. The van der Waals surface area contributed by atoms with E-state index >= 15 is 0 Å². The molecule has 1 aliphatic carbocycles. The van der Waals surface area contributed by atoms with Crippen LogP contribution >= 0.6 is 11.6 Å². The molecule has 1 saturated carbocycles. The van der Waals surface area contributed by atoms with Gasteiger partial charge in [-0.1, -0.05) is 17.7 Å². The first kappa shape index (κ1) is 25.2. The Kier molecular flexibility index (Phi) is 6.67. The number of hydrogen-bond acceptors (Lipinski definition) is 7. The van der Waals surface area contributed by atoms with Crippen LogP contribution in [-0.2, 0) is 4.74 Å². The van der Waals surface area contributed by atoms with Gasteiger partial charge in [-0.15, -0.1) is 23.4 Å². The molecule has 1 saturated heterocycles. The van der Waals surface area contributed by atoms with Crippen LogP contribution in [0.3, 0.4) is 0 Å². The van der Waals surface area contributed by atoms with Gasteiger partial charge < -0.3 is 14.8 Å². The fourth-order valence-electron chi connectivity index (χ4n) is 4.64. The lowest BCUT2D eigenvalue weighted by Gasteiger charge is -2.36. The van der Waals surface area contributed by atoms with Crippen molar-refractivity contribution in [2.75, 3.05) is 6.54 Å². The average Bonchev–Trinajstić information content (AvgIpc) is 3.29. The van der Waals surface area contributed by atoms with Gasteiger partial charge in [0.05, 0.1) is 17.2 Å². The van der Waals surface area contributed by atoms with Crippen molar-refractivity contribution in [1.29, 1.82) is 0 Å². The fourth-order valence-corrected chi connectivity index (χ4v) is 4.81. The molecule has 5 rings (SSSR count). The minimum absolute atomic E-state index is 0.00893. The lowest BCUT2D eigenvalue weighted by atomic mass is 9.82. The number of benzene rings is 1. The van der Waals surface area contributed by atoms with Gasteiger partial charge in [0.25, 0.3) is 5.91 Å². The minimum Gasteiger partial charge on any atom is -0.465 e. The number of nitrogens with one attached hydrogen (secondary N) is 1. The maximum absolute atomic E-state index is 12.8. The second kappa shape index (κ2) is 9.78. The van der Waals surface area contributed by atoms with Gasteiger partial charge in [0.2, 0.25) is 11.8 Å². The molecule has 10 nitrogen and oxygen atoms in total. The number of pyridine rings is 1. The molecular formula is C23H21ClF3N5O5. The first-order valence-corrected chi connectivity index (χ1v) is 11.9. The number of alkyl halides is 3. The van der Waals surface area contributed by atoms with E-state index < -0.39 is 30.6 Å². The number of hydrogen-bond donors (Lipinski definition) is 2. The lowest BCUT2D eigenvalue weighted by molar-refractivity contribution is -0.352. The van der Waals surface area contributed by atoms with Gasteiger partial charge in [-0.05, 0) is 43.9 Å². The largest absolute Gasteiger partial charge is 0.522 e. The number of nitrogens with zero attached hydrogens (tertiary/aromatic N) is 4. The Morgan fingerprint density at radius 2 is 1.92 bits per heavy atom. The van der Waals surface area contributed by atoms with Crippen molar-refractivity contribution >= 4 is 34.5 Å². The topological polar surface area (TPSA) is 131 Å². The summed E-state index contributed by atoms with van der Waals surface area (Å²) in [4.78, 5) is 30.2. The smallest absolute Gasteiger partial charge is 0.465 e. The molecule has 2 atom stereocenters. The van der Waals surface area contributed by atoms with Crippen molar-refractivity contribution in [3.63, 3.8) is 0 Å². The van der Waals surface area contributed by atoms with Gasteiger partial charge in [0, 0.05) is 35.1 Å². The predicted molar refractivity (Wildman–Crippen MR) is 122 cm³/mol. The van der Waals surface area contributed by atoms with E-state index in [1.165, 1.54) is 6.20 Å². The van der Waals surface area contributed by atoms with Crippen molar-refractivity contribution in [2.45, 2.75) is 56.2 Å². The number of piperidine rings is 1. The number of ether oxygens (including phenoxy) is 1. The van der Waals surface area contributed by atoms with Gasteiger partial charge in [-0.3, -0.25) is 19.4 Å². The molecule has 1 aromatic carbocycles. The van der Waals surface area contributed by atoms with E-state index in [-0.39, 0.29) is 43.0 Å². The molecule has 0 unspecified atom stereocenters. The van der Waals surface area contributed by atoms with Gasteiger partial charge in [-0.2, -0.15) is 0 Å². The third kappa shape index (κ3) is 5.62. The van der Waals surface area contributed by atoms with Crippen molar-refractivity contribution in [1.82, 2.24) is 25.4 Å². The number of rotatable bonds is 5. The van der Waals surface area contributed by atoms with Crippen LogP contribution in [0.15, 0.2) is 34.9 Å².